The fourth-order valence-electron chi connectivity index (χ4n) is 2.47. The van der Waals surface area contributed by atoms with Gasteiger partial charge in [0.1, 0.15) is 0 Å². The molecule has 5 heteroatoms. The second kappa shape index (κ2) is 7.24. The highest BCUT2D eigenvalue weighted by atomic mass is 35.5. The summed E-state index contributed by atoms with van der Waals surface area (Å²) in [5.74, 6) is 0.659. The summed E-state index contributed by atoms with van der Waals surface area (Å²) >= 11 is 7.41. The summed E-state index contributed by atoms with van der Waals surface area (Å²) in [6, 6.07) is 15.3. The molecular formula is C19H17ClN2OS. The van der Waals surface area contributed by atoms with Crippen molar-refractivity contribution in [1.29, 1.82) is 0 Å². The van der Waals surface area contributed by atoms with Gasteiger partial charge in [0.25, 0.3) is 5.56 Å². The van der Waals surface area contributed by atoms with Crippen LogP contribution >= 0.6 is 23.4 Å². The lowest BCUT2D eigenvalue weighted by Crippen LogP contribution is -2.22. The number of halogens is 1. The molecule has 0 spiro atoms. The van der Waals surface area contributed by atoms with E-state index in [1.165, 1.54) is 11.8 Å². The van der Waals surface area contributed by atoms with Crippen LogP contribution in [0.2, 0.25) is 0 Å². The first-order chi connectivity index (χ1) is 11.6. The highest BCUT2D eigenvalue weighted by Crippen LogP contribution is 2.23. The van der Waals surface area contributed by atoms with E-state index in [-0.39, 0.29) is 5.56 Å². The van der Waals surface area contributed by atoms with Crippen LogP contribution in [0.25, 0.3) is 16.6 Å². The van der Waals surface area contributed by atoms with Gasteiger partial charge in [0, 0.05) is 10.8 Å². The molecule has 3 nitrogen and oxygen atoms in total. The number of para-hydroxylation sites is 2. The normalized spacial score (nSPS) is 11.9. The molecule has 0 unspecified atom stereocenters. The lowest BCUT2D eigenvalue weighted by molar-refractivity contribution is 0.815. The van der Waals surface area contributed by atoms with E-state index < -0.39 is 0 Å². The van der Waals surface area contributed by atoms with E-state index in [2.05, 4.69) is 0 Å². The monoisotopic (exact) mass is 356 g/mol. The predicted molar refractivity (Wildman–Crippen MR) is 102 cm³/mol. The maximum absolute atomic E-state index is 13.1. The summed E-state index contributed by atoms with van der Waals surface area (Å²) in [6.07, 6.45) is 1.91. The number of aryl methyl sites for hydroxylation is 1. The number of hydrogen-bond acceptors (Lipinski definition) is 3. The number of fused-ring (bicyclic) bond motifs is 1. The Kier molecular flexibility index (Phi) is 5.07. The molecule has 0 aliphatic carbocycles. The van der Waals surface area contributed by atoms with Crippen LogP contribution in [0, 0.1) is 6.92 Å². The number of thioether (sulfide) groups is 1. The van der Waals surface area contributed by atoms with E-state index in [0.717, 1.165) is 16.3 Å². The molecule has 3 rings (SSSR count). The Hall–Kier alpha value is -2.04. The Morgan fingerprint density at radius 1 is 1.21 bits per heavy atom. The largest absolute Gasteiger partial charge is 0.268 e. The molecule has 0 bridgehead atoms. The first-order valence-corrected chi connectivity index (χ1v) is 8.97. The average molecular weight is 357 g/mol. The number of nitrogens with zero attached hydrogens (tertiary/aromatic N) is 2. The van der Waals surface area contributed by atoms with Crippen LogP contribution in [0.4, 0.5) is 0 Å². The first-order valence-electron chi connectivity index (χ1n) is 7.61. The molecule has 24 heavy (non-hydrogen) atoms. The van der Waals surface area contributed by atoms with Crippen molar-refractivity contribution >= 4 is 34.3 Å². The van der Waals surface area contributed by atoms with Crippen LogP contribution in [0.5, 0.6) is 0 Å². The van der Waals surface area contributed by atoms with E-state index in [0.29, 0.717) is 21.8 Å². The highest BCUT2D eigenvalue weighted by Gasteiger charge is 2.14. The molecule has 0 saturated carbocycles. The van der Waals surface area contributed by atoms with Crippen molar-refractivity contribution < 1.29 is 0 Å². The summed E-state index contributed by atoms with van der Waals surface area (Å²) in [6.45, 7) is 3.83. The smallest absolute Gasteiger partial charge is 0.266 e. The van der Waals surface area contributed by atoms with Gasteiger partial charge in [-0.2, -0.15) is 0 Å². The van der Waals surface area contributed by atoms with Gasteiger partial charge in [0.15, 0.2) is 5.16 Å². The van der Waals surface area contributed by atoms with Crippen molar-refractivity contribution in [3.8, 4) is 5.69 Å². The average Bonchev–Trinajstić information content (AvgIpc) is 2.56. The Balaban J connectivity index is 2.24. The number of benzene rings is 2. The summed E-state index contributed by atoms with van der Waals surface area (Å²) in [5, 5.41) is 2.02. The maximum atomic E-state index is 13.1. The van der Waals surface area contributed by atoms with Gasteiger partial charge in [-0.15, -0.1) is 0 Å². The molecule has 3 aromatic rings. The topological polar surface area (TPSA) is 34.9 Å². The van der Waals surface area contributed by atoms with Gasteiger partial charge in [-0.1, -0.05) is 59.8 Å². The van der Waals surface area contributed by atoms with E-state index in [4.69, 9.17) is 16.6 Å². The lowest BCUT2D eigenvalue weighted by Gasteiger charge is -2.14. The number of hydrogen-bond donors (Lipinski definition) is 0. The third kappa shape index (κ3) is 3.40. The van der Waals surface area contributed by atoms with Gasteiger partial charge in [-0.25, -0.2) is 4.98 Å². The molecular weight excluding hydrogens is 340 g/mol. The Labute approximate surface area is 150 Å². The maximum Gasteiger partial charge on any atom is 0.266 e. The van der Waals surface area contributed by atoms with Crippen molar-refractivity contribution in [1.82, 2.24) is 9.55 Å². The molecule has 0 saturated heterocycles. The van der Waals surface area contributed by atoms with Gasteiger partial charge in [-0.05, 0) is 37.6 Å². The van der Waals surface area contributed by atoms with Crippen molar-refractivity contribution in [2.75, 3.05) is 5.75 Å². The van der Waals surface area contributed by atoms with Crippen LogP contribution in [0.1, 0.15) is 12.5 Å². The summed E-state index contributed by atoms with van der Waals surface area (Å²) in [4.78, 5) is 17.8. The van der Waals surface area contributed by atoms with Gasteiger partial charge >= 0.3 is 0 Å². The van der Waals surface area contributed by atoms with E-state index >= 15 is 0 Å². The number of allylic oxidation sites excluding steroid dienone is 1. The Bertz CT molecular complexity index is 975. The van der Waals surface area contributed by atoms with Gasteiger partial charge < -0.3 is 0 Å². The van der Waals surface area contributed by atoms with E-state index in [1.54, 1.807) is 4.57 Å². The molecule has 0 amide bonds. The minimum atomic E-state index is -0.0519. The SMILES string of the molecule is CC(Cl)=CCSc1nc2ccccc2c(=O)n1-c1ccccc1C. The van der Waals surface area contributed by atoms with Crippen LogP contribution in [0.15, 0.2) is 69.6 Å². The molecule has 0 N–H and O–H groups in total. The van der Waals surface area contributed by atoms with Crippen molar-refractivity contribution in [3.63, 3.8) is 0 Å². The second-order valence-corrected chi connectivity index (χ2v) is 7.02. The summed E-state index contributed by atoms with van der Waals surface area (Å²) in [5.41, 5.74) is 2.54. The highest BCUT2D eigenvalue weighted by molar-refractivity contribution is 7.99. The van der Waals surface area contributed by atoms with Crippen LogP contribution in [-0.4, -0.2) is 15.3 Å². The zero-order chi connectivity index (χ0) is 17.1. The molecule has 0 atom stereocenters. The third-order valence-electron chi connectivity index (χ3n) is 3.68. The molecule has 2 aromatic carbocycles. The van der Waals surface area contributed by atoms with Crippen LogP contribution in [0.3, 0.4) is 0 Å². The predicted octanol–water partition coefficient (Wildman–Crippen LogP) is 4.93. The van der Waals surface area contributed by atoms with E-state index in [9.17, 15) is 4.79 Å². The molecule has 0 radical (unpaired) electrons. The van der Waals surface area contributed by atoms with Crippen molar-refractivity contribution in [2.24, 2.45) is 0 Å². The standard InChI is InChI=1S/C19H17ClN2OS/c1-13-7-3-6-10-17(13)22-18(23)15-8-4-5-9-16(15)21-19(22)24-12-11-14(2)20/h3-11H,12H2,1-2H3. The zero-order valence-corrected chi connectivity index (χ0v) is 15.1. The molecule has 0 fully saturated rings. The van der Waals surface area contributed by atoms with Crippen molar-refractivity contribution in [3.05, 3.63) is 75.6 Å². The number of aromatic nitrogens is 2. The third-order valence-corrected chi connectivity index (χ3v) is 4.70. The quantitative estimate of drug-likeness (QED) is 0.491. The van der Waals surface area contributed by atoms with E-state index in [1.807, 2.05) is 68.5 Å². The summed E-state index contributed by atoms with van der Waals surface area (Å²) < 4.78 is 1.69. The summed E-state index contributed by atoms with van der Waals surface area (Å²) in [7, 11) is 0. The minimum absolute atomic E-state index is 0.0519. The second-order valence-electron chi connectivity index (χ2n) is 5.44. The minimum Gasteiger partial charge on any atom is -0.268 e. The van der Waals surface area contributed by atoms with Crippen molar-refractivity contribution in [2.45, 2.75) is 19.0 Å². The fourth-order valence-corrected chi connectivity index (χ4v) is 3.59. The van der Waals surface area contributed by atoms with Crippen LogP contribution in [-0.2, 0) is 0 Å². The molecule has 1 heterocycles. The molecule has 0 aliphatic rings. The fraction of sp³-hybridized carbons (Fsp3) is 0.158. The van der Waals surface area contributed by atoms with Gasteiger partial charge in [0.2, 0.25) is 0 Å². The van der Waals surface area contributed by atoms with Gasteiger partial charge in [-0.3, -0.25) is 9.36 Å². The van der Waals surface area contributed by atoms with Crippen LogP contribution < -0.4 is 5.56 Å². The first kappa shape index (κ1) is 16.8. The Morgan fingerprint density at radius 2 is 1.92 bits per heavy atom. The molecule has 1 aromatic heterocycles. The number of rotatable bonds is 4. The lowest BCUT2D eigenvalue weighted by atomic mass is 10.2. The Morgan fingerprint density at radius 3 is 2.67 bits per heavy atom. The molecule has 0 aliphatic heterocycles. The zero-order valence-electron chi connectivity index (χ0n) is 13.5. The van der Waals surface area contributed by atoms with Gasteiger partial charge in [0.05, 0.1) is 16.6 Å². The molecule has 122 valence electrons.